The van der Waals surface area contributed by atoms with Gasteiger partial charge < -0.3 is 9.47 Å². The molecule has 2 aromatic carbocycles. The summed E-state index contributed by atoms with van der Waals surface area (Å²) in [6.45, 7) is 0. The summed E-state index contributed by atoms with van der Waals surface area (Å²) < 4.78 is 10.4. The molecule has 116 valence electrons. The largest absolute Gasteiger partial charge is 0.493 e. The van der Waals surface area contributed by atoms with Gasteiger partial charge in [-0.3, -0.25) is 9.59 Å². The van der Waals surface area contributed by atoms with Gasteiger partial charge in [0.25, 0.3) is 0 Å². The number of carbonyl (C=O) groups excluding carboxylic acids is 2. The molecule has 5 heteroatoms. The quantitative estimate of drug-likeness (QED) is 0.861. The number of carbonyl (C=O) groups is 2. The van der Waals surface area contributed by atoms with Crippen LogP contribution in [-0.2, 0) is 0 Å². The predicted molar refractivity (Wildman–Crippen MR) is 87.4 cm³/mol. The number of Topliss-reactive ketones (excluding diaryl/α,β-unsaturated/α-hetero) is 2. The number of hydrogen-bond donors (Lipinski definition) is 0. The van der Waals surface area contributed by atoms with Crippen molar-refractivity contribution in [3.63, 3.8) is 0 Å². The van der Waals surface area contributed by atoms with Crippen molar-refractivity contribution in [1.82, 2.24) is 0 Å². The zero-order chi connectivity index (χ0) is 16.6. The van der Waals surface area contributed by atoms with Crippen LogP contribution in [0.5, 0.6) is 11.5 Å². The highest BCUT2D eigenvalue weighted by Crippen LogP contribution is 2.37. The fourth-order valence-electron chi connectivity index (χ4n) is 2.59. The Morgan fingerprint density at radius 3 is 2.04 bits per heavy atom. The van der Waals surface area contributed by atoms with Gasteiger partial charge in [0.2, 0.25) is 5.78 Å². The van der Waals surface area contributed by atoms with Gasteiger partial charge in [-0.1, -0.05) is 41.9 Å². The summed E-state index contributed by atoms with van der Waals surface area (Å²) in [5, 5.41) is -0.0825. The van der Waals surface area contributed by atoms with E-state index in [1.165, 1.54) is 14.2 Å². The van der Waals surface area contributed by atoms with E-state index in [0.717, 1.165) is 0 Å². The van der Waals surface area contributed by atoms with Gasteiger partial charge >= 0.3 is 0 Å². The molecule has 0 fully saturated rings. The first kappa shape index (κ1) is 15.3. The fraction of sp³-hybridized carbons (Fsp3) is 0.111. The van der Waals surface area contributed by atoms with Crippen LogP contribution in [0.15, 0.2) is 47.5 Å². The summed E-state index contributed by atoms with van der Waals surface area (Å²) in [7, 11) is 3.02. The predicted octanol–water partition coefficient (Wildman–Crippen LogP) is 3.73. The molecule has 0 radical (unpaired) electrons. The van der Waals surface area contributed by atoms with Crippen LogP contribution in [0.4, 0.5) is 0 Å². The number of ether oxygens (including phenoxy) is 2. The monoisotopic (exact) mass is 328 g/mol. The van der Waals surface area contributed by atoms with Gasteiger partial charge in [0, 0.05) is 11.1 Å². The van der Waals surface area contributed by atoms with Gasteiger partial charge in [0.05, 0.1) is 19.8 Å². The number of methoxy groups -OCH3 is 2. The van der Waals surface area contributed by atoms with Gasteiger partial charge in [-0.15, -0.1) is 0 Å². The zero-order valence-electron chi connectivity index (χ0n) is 12.6. The average molecular weight is 329 g/mol. The highest BCUT2D eigenvalue weighted by atomic mass is 35.5. The third-order valence-corrected chi connectivity index (χ3v) is 4.10. The molecule has 1 aliphatic carbocycles. The Hall–Kier alpha value is -2.59. The van der Waals surface area contributed by atoms with Gasteiger partial charge in [-0.25, -0.2) is 0 Å². The Kier molecular flexibility index (Phi) is 3.92. The van der Waals surface area contributed by atoms with E-state index in [0.29, 0.717) is 28.2 Å². The minimum absolute atomic E-state index is 0.0825. The van der Waals surface area contributed by atoms with Gasteiger partial charge in [0.1, 0.15) is 5.03 Å². The lowest BCUT2D eigenvalue weighted by atomic mass is 9.86. The molecule has 0 heterocycles. The second-order valence-electron chi connectivity index (χ2n) is 4.96. The molecular formula is C18H13ClO4. The third-order valence-electron chi connectivity index (χ3n) is 3.73. The number of ketones is 2. The van der Waals surface area contributed by atoms with Crippen LogP contribution in [0.3, 0.4) is 0 Å². The van der Waals surface area contributed by atoms with Crippen molar-refractivity contribution in [2.45, 2.75) is 0 Å². The number of hydrogen-bond acceptors (Lipinski definition) is 4. The van der Waals surface area contributed by atoms with E-state index in [-0.39, 0.29) is 22.2 Å². The Morgan fingerprint density at radius 2 is 1.43 bits per heavy atom. The molecule has 0 saturated heterocycles. The van der Waals surface area contributed by atoms with Crippen LogP contribution in [-0.4, -0.2) is 25.8 Å². The summed E-state index contributed by atoms with van der Waals surface area (Å²) in [6.07, 6.45) is 0. The van der Waals surface area contributed by atoms with E-state index in [4.69, 9.17) is 21.1 Å². The van der Waals surface area contributed by atoms with E-state index in [9.17, 15) is 9.59 Å². The van der Waals surface area contributed by atoms with Crippen LogP contribution in [0.1, 0.15) is 26.3 Å². The van der Waals surface area contributed by atoms with E-state index >= 15 is 0 Å². The van der Waals surface area contributed by atoms with Crippen LogP contribution >= 0.6 is 11.6 Å². The smallest absolute Gasteiger partial charge is 0.205 e. The molecular weight excluding hydrogens is 316 g/mol. The van der Waals surface area contributed by atoms with E-state index in [1.807, 2.05) is 0 Å². The summed E-state index contributed by atoms with van der Waals surface area (Å²) in [4.78, 5) is 25.2. The minimum atomic E-state index is -0.355. The summed E-state index contributed by atoms with van der Waals surface area (Å²) >= 11 is 6.20. The normalized spacial score (nSPS) is 13.9. The van der Waals surface area contributed by atoms with Crippen molar-refractivity contribution in [2.24, 2.45) is 0 Å². The molecule has 23 heavy (non-hydrogen) atoms. The van der Waals surface area contributed by atoms with Gasteiger partial charge in [-0.2, -0.15) is 0 Å². The Labute approximate surface area is 138 Å². The number of fused-ring (bicyclic) bond motifs is 1. The topological polar surface area (TPSA) is 52.6 Å². The van der Waals surface area contributed by atoms with Crippen molar-refractivity contribution < 1.29 is 19.1 Å². The number of rotatable bonds is 3. The standard InChI is InChI=1S/C18H13ClO4/c1-22-13-8-7-10(9-14(13)23-2)15-16(19)18(21)12-6-4-3-5-11(12)17(15)20/h3-9H,1-2H3. The molecule has 0 N–H and O–H groups in total. The van der Waals surface area contributed by atoms with Crippen LogP contribution in [0, 0.1) is 0 Å². The lowest BCUT2D eigenvalue weighted by molar-refractivity contribution is 0.0998. The molecule has 0 saturated carbocycles. The minimum Gasteiger partial charge on any atom is -0.493 e. The Balaban J connectivity index is 2.18. The molecule has 0 bridgehead atoms. The Bertz CT molecular complexity index is 852. The second kappa shape index (κ2) is 5.89. The fourth-order valence-corrected chi connectivity index (χ4v) is 2.89. The average Bonchev–Trinajstić information content (AvgIpc) is 2.59. The molecule has 0 aliphatic heterocycles. The third kappa shape index (κ3) is 2.41. The highest BCUT2D eigenvalue weighted by Gasteiger charge is 2.32. The first-order valence-corrected chi connectivity index (χ1v) is 7.27. The second-order valence-corrected chi connectivity index (χ2v) is 5.34. The van der Waals surface area contributed by atoms with Gasteiger partial charge in [0.15, 0.2) is 17.3 Å². The molecule has 0 amide bonds. The zero-order valence-corrected chi connectivity index (χ0v) is 13.3. The molecule has 2 aromatic rings. The van der Waals surface area contributed by atoms with Crippen molar-refractivity contribution >= 4 is 28.7 Å². The first-order chi connectivity index (χ1) is 11.1. The number of halogens is 1. The van der Waals surface area contributed by atoms with Crippen molar-refractivity contribution in [1.29, 1.82) is 0 Å². The maximum atomic E-state index is 12.8. The van der Waals surface area contributed by atoms with Crippen LogP contribution < -0.4 is 9.47 Å². The maximum absolute atomic E-state index is 12.8. The SMILES string of the molecule is COc1ccc(C2=C(Cl)C(=O)c3ccccc3C2=O)cc1OC. The highest BCUT2D eigenvalue weighted by molar-refractivity contribution is 6.56. The molecule has 0 atom stereocenters. The molecule has 0 aromatic heterocycles. The Morgan fingerprint density at radius 1 is 0.826 bits per heavy atom. The molecule has 1 aliphatic rings. The van der Waals surface area contributed by atoms with Crippen LogP contribution in [0.2, 0.25) is 0 Å². The number of allylic oxidation sites excluding steroid dienone is 2. The van der Waals surface area contributed by atoms with Crippen LogP contribution in [0.25, 0.3) is 5.57 Å². The lowest BCUT2D eigenvalue weighted by Crippen LogP contribution is -2.19. The van der Waals surface area contributed by atoms with Crippen molar-refractivity contribution in [3.8, 4) is 11.5 Å². The van der Waals surface area contributed by atoms with Crippen molar-refractivity contribution in [2.75, 3.05) is 14.2 Å². The maximum Gasteiger partial charge on any atom is 0.205 e. The number of benzene rings is 2. The van der Waals surface area contributed by atoms with E-state index in [2.05, 4.69) is 0 Å². The molecule has 0 spiro atoms. The van der Waals surface area contributed by atoms with Crippen molar-refractivity contribution in [3.05, 3.63) is 64.2 Å². The summed E-state index contributed by atoms with van der Waals surface area (Å²) in [5.41, 5.74) is 1.37. The molecule has 3 rings (SSSR count). The van der Waals surface area contributed by atoms with E-state index < -0.39 is 0 Å². The molecule has 4 nitrogen and oxygen atoms in total. The first-order valence-electron chi connectivity index (χ1n) is 6.89. The van der Waals surface area contributed by atoms with Gasteiger partial charge in [-0.05, 0) is 17.7 Å². The van der Waals surface area contributed by atoms with E-state index in [1.54, 1.807) is 42.5 Å². The lowest BCUT2D eigenvalue weighted by Gasteiger charge is -2.18. The summed E-state index contributed by atoms with van der Waals surface area (Å²) in [5.74, 6) is 0.355. The molecule has 0 unspecified atom stereocenters. The summed E-state index contributed by atoms with van der Waals surface area (Å²) in [6, 6.07) is 11.6.